The van der Waals surface area contributed by atoms with E-state index in [4.69, 9.17) is 4.74 Å². The first-order chi connectivity index (χ1) is 13.1. The van der Waals surface area contributed by atoms with Gasteiger partial charge >= 0.3 is 0 Å². The number of benzene rings is 2. The van der Waals surface area contributed by atoms with Gasteiger partial charge in [0, 0.05) is 51.5 Å². The zero-order valence-electron chi connectivity index (χ0n) is 16.5. The maximum Gasteiger partial charge on any atom is 0.239 e. The Balaban J connectivity index is 1.54. The lowest BCUT2D eigenvalue weighted by molar-refractivity contribution is -0.135. The largest absolute Gasteiger partial charge is 0.497 e. The number of methoxy groups -OCH3 is 1. The van der Waals surface area contributed by atoms with Gasteiger partial charge in [0.2, 0.25) is 5.91 Å². The smallest absolute Gasteiger partial charge is 0.239 e. The molecule has 1 aliphatic rings. The molecule has 0 aromatic heterocycles. The fourth-order valence-electron chi connectivity index (χ4n) is 3.58. The molecule has 0 spiro atoms. The fraction of sp³-hybridized carbons (Fsp3) is 0.409. The molecule has 0 radical (unpaired) electrons. The maximum atomic E-state index is 12.8. The average molecular weight is 367 g/mol. The average Bonchev–Trinajstić information content (AvgIpc) is 2.73. The predicted molar refractivity (Wildman–Crippen MR) is 109 cm³/mol. The zero-order chi connectivity index (χ0) is 19.2. The van der Waals surface area contributed by atoms with Crippen LogP contribution in [0.2, 0.25) is 0 Å². The summed E-state index contributed by atoms with van der Waals surface area (Å²) < 4.78 is 5.32. The summed E-state index contributed by atoms with van der Waals surface area (Å²) in [5.74, 6) is 1.05. The minimum atomic E-state index is -0.105. The molecule has 0 bridgehead atoms. The minimum Gasteiger partial charge on any atom is -0.497 e. The minimum absolute atomic E-state index is 0.105. The number of hydrogen-bond acceptors (Lipinski definition) is 4. The van der Waals surface area contributed by atoms with Crippen LogP contribution < -0.4 is 9.64 Å². The van der Waals surface area contributed by atoms with Crippen molar-refractivity contribution in [3.63, 3.8) is 0 Å². The van der Waals surface area contributed by atoms with Gasteiger partial charge in [-0.3, -0.25) is 9.69 Å². The van der Waals surface area contributed by atoms with Crippen LogP contribution >= 0.6 is 0 Å². The summed E-state index contributed by atoms with van der Waals surface area (Å²) in [6, 6.07) is 18.2. The number of carbonyl (C=O) groups is 1. The molecule has 1 heterocycles. The first-order valence-corrected chi connectivity index (χ1v) is 9.50. The first-order valence-electron chi connectivity index (χ1n) is 9.50. The monoisotopic (exact) mass is 367 g/mol. The molecule has 5 nitrogen and oxygen atoms in total. The number of rotatable bonds is 6. The molecule has 1 amide bonds. The highest BCUT2D eigenvalue weighted by atomic mass is 16.5. The van der Waals surface area contributed by atoms with E-state index in [1.54, 1.807) is 7.11 Å². The van der Waals surface area contributed by atoms with Crippen molar-refractivity contribution in [2.45, 2.75) is 19.5 Å². The molecule has 3 rings (SSSR count). The maximum absolute atomic E-state index is 12.8. The van der Waals surface area contributed by atoms with E-state index in [1.807, 2.05) is 49.2 Å². The SMILES string of the molecule is COc1cccc(N2CCN([C@H](C)C(=O)N(C)Cc3ccccc3)CC2)c1. The Morgan fingerprint density at radius 1 is 1.07 bits per heavy atom. The zero-order valence-corrected chi connectivity index (χ0v) is 16.5. The van der Waals surface area contributed by atoms with Gasteiger partial charge in [-0.1, -0.05) is 36.4 Å². The van der Waals surface area contributed by atoms with Gasteiger partial charge in [-0.2, -0.15) is 0 Å². The van der Waals surface area contributed by atoms with Crippen LogP contribution in [0.4, 0.5) is 5.69 Å². The van der Waals surface area contributed by atoms with Gasteiger partial charge in [0.25, 0.3) is 0 Å². The van der Waals surface area contributed by atoms with Crippen molar-refractivity contribution in [1.82, 2.24) is 9.80 Å². The van der Waals surface area contributed by atoms with Crippen molar-refractivity contribution < 1.29 is 9.53 Å². The van der Waals surface area contributed by atoms with Gasteiger partial charge in [-0.15, -0.1) is 0 Å². The van der Waals surface area contributed by atoms with E-state index in [0.717, 1.165) is 37.5 Å². The number of carbonyl (C=O) groups excluding carboxylic acids is 1. The number of nitrogens with zero attached hydrogens (tertiary/aromatic N) is 3. The van der Waals surface area contributed by atoms with E-state index in [2.05, 4.69) is 34.1 Å². The molecule has 1 saturated heterocycles. The van der Waals surface area contributed by atoms with E-state index >= 15 is 0 Å². The van der Waals surface area contributed by atoms with Gasteiger partial charge in [-0.25, -0.2) is 0 Å². The van der Waals surface area contributed by atoms with Crippen LogP contribution in [0.3, 0.4) is 0 Å². The third kappa shape index (κ3) is 4.80. The fourth-order valence-corrected chi connectivity index (χ4v) is 3.58. The molecular weight excluding hydrogens is 338 g/mol. The summed E-state index contributed by atoms with van der Waals surface area (Å²) in [5.41, 5.74) is 2.33. The third-order valence-corrected chi connectivity index (χ3v) is 5.28. The summed E-state index contributed by atoms with van der Waals surface area (Å²) in [6.07, 6.45) is 0. The second-order valence-corrected chi connectivity index (χ2v) is 7.08. The lowest BCUT2D eigenvalue weighted by atomic mass is 10.1. The van der Waals surface area contributed by atoms with Crippen molar-refractivity contribution in [3.8, 4) is 5.75 Å². The van der Waals surface area contributed by atoms with Crippen LogP contribution in [0.5, 0.6) is 5.75 Å². The number of piperazine rings is 1. The summed E-state index contributed by atoms with van der Waals surface area (Å²) in [7, 11) is 3.58. The van der Waals surface area contributed by atoms with E-state index in [1.165, 1.54) is 5.69 Å². The lowest BCUT2D eigenvalue weighted by Gasteiger charge is -2.39. The summed E-state index contributed by atoms with van der Waals surface area (Å²) in [5, 5.41) is 0. The van der Waals surface area contributed by atoms with Crippen molar-refractivity contribution in [1.29, 1.82) is 0 Å². The summed E-state index contributed by atoms with van der Waals surface area (Å²) >= 11 is 0. The van der Waals surface area contributed by atoms with E-state index in [-0.39, 0.29) is 11.9 Å². The molecule has 2 aromatic carbocycles. The highest BCUT2D eigenvalue weighted by Crippen LogP contribution is 2.22. The van der Waals surface area contributed by atoms with Gasteiger partial charge in [0.15, 0.2) is 0 Å². The number of ether oxygens (including phenoxy) is 1. The second kappa shape index (κ2) is 8.91. The molecular formula is C22H29N3O2. The van der Waals surface area contributed by atoms with Gasteiger partial charge < -0.3 is 14.5 Å². The van der Waals surface area contributed by atoms with E-state index in [0.29, 0.717) is 6.54 Å². The molecule has 2 aromatic rings. The third-order valence-electron chi connectivity index (χ3n) is 5.28. The molecule has 0 saturated carbocycles. The molecule has 1 aliphatic heterocycles. The first kappa shape index (κ1) is 19.2. The van der Waals surface area contributed by atoms with Gasteiger partial charge in [0.05, 0.1) is 13.2 Å². The van der Waals surface area contributed by atoms with Gasteiger partial charge in [0.1, 0.15) is 5.75 Å². The number of hydrogen-bond donors (Lipinski definition) is 0. The highest BCUT2D eigenvalue weighted by molar-refractivity contribution is 5.81. The molecule has 27 heavy (non-hydrogen) atoms. The van der Waals surface area contributed by atoms with Crippen molar-refractivity contribution in [2.24, 2.45) is 0 Å². The van der Waals surface area contributed by atoms with Crippen LogP contribution in [0.1, 0.15) is 12.5 Å². The Labute approximate surface area is 162 Å². The predicted octanol–water partition coefficient (Wildman–Crippen LogP) is 2.86. The molecule has 0 N–H and O–H groups in total. The highest BCUT2D eigenvalue weighted by Gasteiger charge is 2.27. The Hall–Kier alpha value is -2.53. The molecule has 0 aliphatic carbocycles. The number of likely N-dealkylation sites (N-methyl/N-ethyl adjacent to an activating group) is 1. The van der Waals surface area contributed by atoms with Crippen molar-refractivity contribution in [2.75, 3.05) is 45.2 Å². The molecule has 1 atom stereocenters. The normalized spacial score (nSPS) is 16.0. The Morgan fingerprint density at radius 3 is 2.44 bits per heavy atom. The van der Waals surface area contributed by atoms with Crippen LogP contribution in [0.15, 0.2) is 54.6 Å². The molecule has 144 valence electrons. The number of anilines is 1. The topological polar surface area (TPSA) is 36.0 Å². The summed E-state index contributed by atoms with van der Waals surface area (Å²) in [6.45, 7) is 6.24. The Kier molecular flexibility index (Phi) is 6.35. The van der Waals surface area contributed by atoms with Crippen molar-refractivity contribution >= 4 is 11.6 Å². The number of amides is 1. The molecule has 1 fully saturated rings. The van der Waals surface area contributed by atoms with Crippen molar-refractivity contribution in [3.05, 3.63) is 60.2 Å². The summed E-state index contributed by atoms with van der Waals surface area (Å²) in [4.78, 5) is 19.3. The Bertz CT molecular complexity index is 742. The molecule has 0 unspecified atom stereocenters. The standard InChI is InChI=1S/C22H29N3O2/c1-18(22(26)23(2)17-19-8-5-4-6-9-19)24-12-14-25(15-13-24)20-10-7-11-21(16-20)27-3/h4-11,16,18H,12-15,17H2,1-3H3/t18-/m1/s1. The van der Waals surface area contributed by atoms with Crippen LogP contribution in [-0.2, 0) is 11.3 Å². The van der Waals surface area contributed by atoms with Crippen LogP contribution in [0.25, 0.3) is 0 Å². The van der Waals surface area contributed by atoms with Crippen LogP contribution in [-0.4, -0.2) is 62.1 Å². The quantitative estimate of drug-likeness (QED) is 0.787. The van der Waals surface area contributed by atoms with Gasteiger partial charge in [-0.05, 0) is 24.6 Å². The molecule has 5 heteroatoms. The Morgan fingerprint density at radius 2 is 1.78 bits per heavy atom. The lowest BCUT2D eigenvalue weighted by Crippen LogP contribution is -2.54. The second-order valence-electron chi connectivity index (χ2n) is 7.08. The van der Waals surface area contributed by atoms with E-state index in [9.17, 15) is 4.79 Å². The van der Waals surface area contributed by atoms with E-state index < -0.39 is 0 Å². The van der Waals surface area contributed by atoms with Crippen LogP contribution in [0, 0.1) is 0 Å².